The first-order valence-electron chi connectivity index (χ1n) is 5.78. The maximum Gasteiger partial charge on any atom is 0.239 e. The first kappa shape index (κ1) is 12.3. The number of aromatic amines is 1. The molecule has 0 unspecified atom stereocenters. The first-order chi connectivity index (χ1) is 8.72. The number of pyridine rings is 1. The summed E-state index contributed by atoms with van der Waals surface area (Å²) in [5.41, 5.74) is 3.15. The standard InChI is InChI=1S/C13H18N4O/c1-17(2)11-5-7-15-13(18-3)12(11)16-9-10-4-6-14-8-10/h4-8,14,16H,9H2,1-3H3. The number of aromatic nitrogens is 2. The Kier molecular flexibility index (Phi) is 3.72. The third-order valence-corrected chi connectivity index (χ3v) is 2.70. The average molecular weight is 246 g/mol. The molecule has 0 aliphatic heterocycles. The highest BCUT2D eigenvalue weighted by Gasteiger charge is 2.11. The number of nitrogens with zero attached hydrogens (tertiary/aromatic N) is 2. The topological polar surface area (TPSA) is 53.2 Å². The van der Waals surface area contributed by atoms with Gasteiger partial charge in [0, 0.05) is 39.2 Å². The summed E-state index contributed by atoms with van der Waals surface area (Å²) in [6.45, 7) is 0.729. The van der Waals surface area contributed by atoms with Crippen molar-refractivity contribution >= 4 is 11.4 Å². The van der Waals surface area contributed by atoms with Crippen molar-refractivity contribution in [3.05, 3.63) is 36.3 Å². The summed E-state index contributed by atoms with van der Waals surface area (Å²) < 4.78 is 5.30. The van der Waals surface area contributed by atoms with Crippen LogP contribution in [-0.4, -0.2) is 31.2 Å². The molecule has 0 bridgehead atoms. The molecule has 2 heterocycles. The number of H-pyrrole nitrogens is 1. The van der Waals surface area contributed by atoms with Crippen LogP contribution in [0.1, 0.15) is 5.56 Å². The molecule has 2 rings (SSSR count). The summed E-state index contributed by atoms with van der Waals surface area (Å²) in [6, 6.07) is 3.99. The number of methoxy groups -OCH3 is 1. The maximum absolute atomic E-state index is 5.30. The van der Waals surface area contributed by atoms with Crippen LogP contribution in [0.2, 0.25) is 0 Å². The first-order valence-corrected chi connectivity index (χ1v) is 5.78. The van der Waals surface area contributed by atoms with Crippen LogP contribution in [0.15, 0.2) is 30.7 Å². The quantitative estimate of drug-likeness (QED) is 0.848. The van der Waals surface area contributed by atoms with Crippen molar-refractivity contribution in [3.8, 4) is 5.88 Å². The highest BCUT2D eigenvalue weighted by atomic mass is 16.5. The second-order valence-corrected chi connectivity index (χ2v) is 4.18. The summed E-state index contributed by atoms with van der Waals surface area (Å²) in [7, 11) is 5.62. The van der Waals surface area contributed by atoms with Gasteiger partial charge in [-0.15, -0.1) is 0 Å². The molecule has 5 heteroatoms. The van der Waals surface area contributed by atoms with E-state index in [1.165, 1.54) is 5.56 Å². The molecule has 0 fully saturated rings. The van der Waals surface area contributed by atoms with Crippen molar-refractivity contribution in [1.29, 1.82) is 0 Å². The maximum atomic E-state index is 5.30. The summed E-state index contributed by atoms with van der Waals surface area (Å²) in [4.78, 5) is 9.29. The number of hydrogen-bond acceptors (Lipinski definition) is 4. The van der Waals surface area contributed by atoms with Crippen molar-refractivity contribution in [2.45, 2.75) is 6.54 Å². The molecule has 0 saturated carbocycles. The Labute approximate surface area is 107 Å². The lowest BCUT2D eigenvalue weighted by Crippen LogP contribution is -2.13. The van der Waals surface area contributed by atoms with Crippen LogP contribution in [0, 0.1) is 0 Å². The highest BCUT2D eigenvalue weighted by Crippen LogP contribution is 2.32. The molecule has 0 spiro atoms. The van der Waals surface area contributed by atoms with Crippen LogP contribution < -0.4 is 15.0 Å². The van der Waals surface area contributed by atoms with E-state index in [0.717, 1.165) is 17.9 Å². The molecule has 0 aliphatic carbocycles. The summed E-state index contributed by atoms with van der Waals surface area (Å²) >= 11 is 0. The molecule has 0 aliphatic rings. The minimum atomic E-state index is 0.608. The van der Waals surface area contributed by atoms with Gasteiger partial charge in [-0.3, -0.25) is 0 Å². The Balaban J connectivity index is 2.23. The largest absolute Gasteiger partial charge is 0.479 e. The molecule has 0 atom stereocenters. The smallest absolute Gasteiger partial charge is 0.239 e. The van der Waals surface area contributed by atoms with Gasteiger partial charge < -0.3 is 19.9 Å². The summed E-state index contributed by atoms with van der Waals surface area (Å²) in [5, 5.41) is 3.37. The second kappa shape index (κ2) is 5.44. The normalized spacial score (nSPS) is 10.2. The van der Waals surface area contributed by atoms with E-state index < -0.39 is 0 Å². The summed E-state index contributed by atoms with van der Waals surface area (Å²) in [6.07, 6.45) is 5.62. The lowest BCUT2D eigenvalue weighted by Gasteiger charge is -2.19. The third-order valence-electron chi connectivity index (χ3n) is 2.70. The van der Waals surface area contributed by atoms with Crippen LogP contribution in [0.4, 0.5) is 11.4 Å². The third kappa shape index (κ3) is 2.56. The predicted molar refractivity (Wildman–Crippen MR) is 73.2 cm³/mol. The Hall–Kier alpha value is -2.17. The van der Waals surface area contributed by atoms with E-state index in [-0.39, 0.29) is 0 Å². The number of hydrogen-bond donors (Lipinski definition) is 2. The van der Waals surface area contributed by atoms with E-state index in [0.29, 0.717) is 5.88 Å². The van der Waals surface area contributed by atoms with E-state index >= 15 is 0 Å². The minimum Gasteiger partial charge on any atom is -0.479 e. The Morgan fingerprint density at radius 2 is 2.22 bits per heavy atom. The van der Waals surface area contributed by atoms with Gasteiger partial charge in [0.05, 0.1) is 12.8 Å². The molecule has 0 saturated heterocycles. The zero-order chi connectivity index (χ0) is 13.0. The Bertz CT molecular complexity index is 494. The van der Waals surface area contributed by atoms with E-state index in [4.69, 9.17) is 4.74 Å². The predicted octanol–water partition coefficient (Wildman–Crippen LogP) is 2.10. The van der Waals surface area contributed by atoms with Crippen molar-refractivity contribution < 1.29 is 4.74 Å². The highest BCUT2D eigenvalue weighted by molar-refractivity contribution is 5.74. The molecule has 96 valence electrons. The van der Waals surface area contributed by atoms with E-state index in [1.54, 1.807) is 13.3 Å². The molecule has 0 amide bonds. The zero-order valence-corrected chi connectivity index (χ0v) is 10.9. The van der Waals surface area contributed by atoms with Gasteiger partial charge in [-0.05, 0) is 17.7 Å². The molecule has 2 N–H and O–H groups in total. The van der Waals surface area contributed by atoms with Crippen LogP contribution in [0.3, 0.4) is 0 Å². The van der Waals surface area contributed by atoms with Gasteiger partial charge in [0.2, 0.25) is 5.88 Å². The van der Waals surface area contributed by atoms with Gasteiger partial charge in [-0.1, -0.05) is 0 Å². The van der Waals surface area contributed by atoms with Crippen LogP contribution in [0.25, 0.3) is 0 Å². The van der Waals surface area contributed by atoms with E-state index in [9.17, 15) is 0 Å². The van der Waals surface area contributed by atoms with Crippen molar-refractivity contribution in [1.82, 2.24) is 9.97 Å². The number of ether oxygens (including phenoxy) is 1. The number of nitrogens with one attached hydrogen (secondary N) is 2. The lowest BCUT2D eigenvalue weighted by atomic mass is 10.3. The second-order valence-electron chi connectivity index (χ2n) is 4.18. The molecule has 0 aromatic carbocycles. The minimum absolute atomic E-state index is 0.608. The SMILES string of the molecule is COc1nccc(N(C)C)c1NCc1cc[nH]c1. The molecule has 5 nitrogen and oxygen atoms in total. The number of rotatable bonds is 5. The monoisotopic (exact) mass is 246 g/mol. The Morgan fingerprint density at radius 3 is 2.83 bits per heavy atom. The van der Waals surface area contributed by atoms with Crippen molar-refractivity contribution in [2.24, 2.45) is 0 Å². The summed E-state index contributed by atoms with van der Waals surface area (Å²) in [5.74, 6) is 0.608. The molecular weight excluding hydrogens is 228 g/mol. The van der Waals surface area contributed by atoms with Gasteiger partial charge in [-0.25, -0.2) is 4.98 Å². The fraction of sp³-hybridized carbons (Fsp3) is 0.308. The molecular formula is C13H18N4O. The van der Waals surface area contributed by atoms with E-state index in [2.05, 4.69) is 15.3 Å². The zero-order valence-electron chi connectivity index (χ0n) is 10.9. The van der Waals surface area contributed by atoms with Crippen LogP contribution in [0.5, 0.6) is 5.88 Å². The molecule has 2 aromatic rings. The Morgan fingerprint density at radius 1 is 1.39 bits per heavy atom. The lowest BCUT2D eigenvalue weighted by molar-refractivity contribution is 0.400. The van der Waals surface area contributed by atoms with Crippen molar-refractivity contribution in [2.75, 3.05) is 31.4 Å². The molecule has 2 aromatic heterocycles. The molecule has 0 radical (unpaired) electrons. The van der Waals surface area contributed by atoms with E-state index in [1.807, 2.05) is 43.5 Å². The van der Waals surface area contributed by atoms with Crippen LogP contribution in [-0.2, 0) is 6.54 Å². The van der Waals surface area contributed by atoms with Gasteiger partial charge in [-0.2, -0.15) is 0 Å². The van der Waals surface area contributed by atoms with Gasteiger partial charge in [0.15, 0.2) is 0 Å². The fourth-order valence-electron chi connectivity index (χ4n) is 1.79. The van der Waals surface area contributed by atoms with Gasteiger partial charge in [0.25, 0.3) is 0 Å². The average Bonchev–Trinajstić information content (AvgIpc) is 2.88. The van der Waals surface area contributed by atoms with Crippen molar-refractivity contribution in [3.63, 3.8) is 0 Å². The fourth-order valence-corrected chi connectivity index (χ4v) is 1.79. The molecule has 18 heavy (non-hydrogen) atoms. The number of anilines is 2. The van der Waals surface area contributed by atoms with Crippen LogP contribution >= 0.6 is 0 Å². The van der Waals surface area contributed by atoms with Gasteiger partial charge in [0.1, 0.15) is 5.69 Å². The van der Waals surface area contributed by atoms with Gasteiger partial charge >= 0.3 is 0 Å².